The van der Waals surface area contributed by atoms with Gasteiger partial charge in [0.1, 0.15) is 11.6 Å². The van der Waals surface area contributed by atoms with E-state index in [-0.39, 0.29) is 17.5 Å². The van der Waals surface area contributed by atoms with Crippen LogP contribution in [0.3, 0.4) is 0 Å². The third-order valence-electron chi connectivity index (χ3n) is 2.50. The Hall–Kier alpha value is -0.410. The zero-order chi connectivity index (χ0) is 12.1. The Morgan fingerprint density at radius 2 is 2.25 bits per heavy atom. The molecule has 88 valence electrons. The molecule has 0 aliphatic rings. The maximum atomic E-state index is 13.0. The van der Waals surface area contributed by atoms with Crippen molar-refractivity contribution in [3.05, 3.63) is 34.1 Å². The fourth-order valence-corrected chi connectivity index (χ4v) is 2.22. The Labute approximate surface area is 108 Å². The first-order valence-electron chi connectivity index (χ1n) is 5.05. The van der Waals surface area contributed by atoms with E-state index in [1.807, 2.05) is 0 Å². The van der Waals surface area contributed by atoms with Gasteiger partial charge in [-0.2, -0.15) is 0 Å². The molecule has 0 aliphatic carbocycles. The highest BCUT2D eigenvalue weighted by molar-refractivity contribution is 9.10. The Balaban J connectivity index is 2.77. The SMILES string of the molecule is CC(=O)C(CCCl)Cc1ccc(F)c(Br)c1. The minimum atomic E-state index is -0.291. The lowest BCUT2D eigenvalue weighted by molar-refractivity contribution is -0.120. The summed E-state index contributed by atoms with van der Waals surface area (Å²) < 4.78 is 13.4. The van der Waals surface area contributed by atoms with E-state index in [9.17, 15) is 9.18 Å². The second-order valence-electron chi connectivity index (χ2n) is 3.74. The van der Waals surface area contributed by atoms with E-state index < -0.39 is 0 Å². The number of benzene rings is 1. The Morgan fingerprint density at radius 3 is 2.75 bits per heavy atom. The smallest absolute Gasteiger partial charge is 0.137 e. The van der Waals surface area contributed by atoms with Gasteiger partial charge in [0.25, 0.3) is 0 Å². The highest BCUT2D eigenvalue weighted by Crippen LogP contribution is 2.20. The van der Waals surface area contributed by atoms with Crippen molar-refractivity contribution in [2.75, 3.05) is 5.88 Å². The van der Waals surface area contributed by atoms with Crippen LogP contribution < -0.4 is 0 Å². The largest absolute Gasteiger partial charge is 0.300 e. The predicted molar refractivity (Wildman–Crippen MR) is 67.3 cm³/mol. The van der Waals surface area contributed by atoms with Crippen molar-refractivity contribution in [1.29, 1.82) is 0 Å². The molecule has 0 spiro atoms. The van der Waals surface area contributed by atoms with Gasteiger partial charge in [0.05, 0.1) is 4.47 Å². The number of Topliss-reactive ketones (excluding diaryl/α,β-unsaturated/α-hetero) is 1. The van der Waals surface area contributed by atoms with Crippen molar-refractivity contribution in [2.24, 2.45) is 5.92 Å². The summed E-state index contributed by atoms with van der Waals surface area (Å²) in [7, 11) is 0. The summed E-state index contributed by atoms with van der Waals surface area (Å²) in [5.74, 6) is 0.225. The number of carbonyl (C=O) groups is 1. The zero-order valence-corrected chi connectivity index (χ0v) is 11.3. The van der Waals surface area contributed by atoms with Crippen molar-refractivity contribution in [3.8, 4) is 0 Å². The minimum absolute atomic E-state index is 0.0742. The minimum Gasteiger partial charge on any atom is -0.300 e. The summed E-state index contributed by atoms with van der Waals surface area (Å²) in [6.45, 7) is 1.57. The van der Waals surface area contributed by atoms with E-state index in [0.717, 1.165) is 5.56 Å². The fraction of sp³-hybridized carbons (Fsp3) is 0.417. The fourth-order valence-electron chi connectivity index (χ4n) is 1.53. The molecular weight excluding hydrogens is 294 g/mol. The van der Waals surface area contributed by atoms with Gasteiger partial charge in [0.15, 0.2) is 0 Å². The molecule has 4 heteroatoms. The van der Waals surface area contributed by atoms with E-state index in [1.165, 1.54) is 6.07 Å². The molecule has 0 heterocycles. The van der Waals surface area contributed by atoms with Crippen molar-refractivity contribution < 1.29 is 9.18 Å². The summed E-state index contributed by atoms with van der Waals surface area (Å²) in [5.41, 5.74) is 0.943. The van der Waals surface area contributed by atoms with Gasteiger partial charge in [0.2, 0.25) is 0 Å². The van der Waals surface area contributed by atoms with Crippen molar-refractivity contribution in [3.63, 3.8) is 0 Å². The molecule has 0 saturated carbocycles. The lowest BCUT2D eigenvalue weighted by Crippen LogP contribution is -2.14. The number of carbonyl (C=O) groups excluding carboxylic acids is 1. The van der Waals surface area contributed by atoms with Gasteiger partial charge in [-0.1, -0.05) is 6.07 Å². The molecule has 0 fully saturated rings. The Kier molecular flexibility index (Phi) is 5.42. The van der Waals surface area contributed by atoms with Crippen LogP contribution >= 0.6 is 27.5 Å². The quantitative estimate of drug-likeness (QED) is 0.752. The Morgan fingerprint density at radius 1 is 1.56 bits per heavy atom. The molecule has 0 aliphatic heterocycles. The molecule has 0 radical (unpaired) electrons. The first kappa shape index (κ1) is 13.7. The molecule has 0 amide bonds. The monoisotopic (exact) mass is 306 g/mol. The van der Waals surface area contributed by atoms with Crippen LogP contribution in [0.2, 0.25) is 0 Å². The molecule has 1 nitrogen and oxygen atoms in total. The van der Waals surface area contributed by atoms with E-state index in [1.54, 1.807) is 19.1 Å². The molecule has 0 aromatic heterocycles. The normalized spacial score (nSPS) is 12.5. The van der Waals surface area contributed by atoms with E-state index >= 15 is 0 Å². The molecule has 1 unspecified atom stereocenters. The maximum Gasteiger partial charge on any atom is 0.137 e. The number of rotatable bonds is 5. The molecule has 0 saturated heterocycles. The molecule has 0 bridgehead atoms. The molecule has 1 aromatic carbocycles. The number of hydrogen-bond donors (Lipinski definition) is 0. The highest BCUT2D eigenvalue weighted by Gasteiger charge is 2.14. The lowest BCUT2D eigenvalue weighted by Gasteiger charge is -2.12. The summed E-state index contributed by atoms with van der Waals surface area (Å²) >= 11 is 8.77. The molecule has 0 N–H and O–H groups in total. The average molecular weight is 308 g/mol. The van der Waals surface area contributed by atoms with Gasteiger partial charge in [-0.3, -0.25) is 4.79 Å². The van der Waals surface area contributed by atoms with Gasteiger partial charge in [-0.25, -0.2) is 4.39 Å². The van der Waals surface area contributed by atoms with Crippen LogP contribution in [0.1, 0.15) is 18.9 Å². The first-order valence-corrected chi connectivity index (χ1v) is 6.37. The van der Waals surface area contributed by atoms with Crippen LogP contribution in [-0.2, 0) is 11.2 Å². The lowest BCUT2D eigenvalue weighted by atomic mass is 9.94. The Bertz CT molecular complexity index is 381. The van der Waals surface area contributed by atoms with E-state index in [2.05, 4.69) is 15.9 Å². The second kappa shape index (κ2) is 6.36. The van der Waals surface area contributed by atoms with Crippen LogP contribution in [-0.4, -0.2) is 11.7 Å². The second-order valence-corrected chi connectivity index (χ2v) is 4.97. The average Bonchev–Trinajstić information content (AvgIpc) is 2.22. The number of hydrogen-bond acceptors (Lipinski definition) is 1. The zero-order valence-electron chi connectivity index (χ0n) is 8.97. The standard InChI is InChI=1S/C12H13BrClFO/c1-8(16)10(4-5-14)6-9-2-3-12(15)11(13)7-9/h2-3,7,10H,4-6H2,1H3. The molecule has 1 atom stereocenters. The topological polar surface area (TPSA) is 17.1 Å². The van der Waals surface area contributed by atoms with Crippen LogP contribution in [0.4, 0.5) is 4.39 Å². The molecule has 1 rings (SSSR count). The number of halogens is 3. The maximum absolute atomic E-state index is 13.0. The first-order chi connectivity index (χ1) is 7.54. The highest BCUT2D eigenvalue weighted by atomic mass is 79.9. The summed E-state index contributed by atoms with van der Waals surface area (Å²) in [5, 5.41) is 0. The van der Waals surface area contributed by atoms with E-state index in [0.29, 0.717) is 23.2 Å². The van der Waals surface area contributed by atoms with Crippen LogP contribution in [0.15, 0.2) is 22.7 Å². The van der Waals surface area contributed by atoms with Crippen LogP contribution in [0, 0.1) is 11.7 Å². The van der Waals surface area contributed by atoms with Crippen molar-refractivity contribution >= 4 is 33.3 Å². The van der Waals surface area contributed by atoms with Gasteiger partial charge >= 0.3 is 0 Å². The predicted octanol–water partition coefficient (Wildman–Crippen LogP) is 3.96. The van der Waals surface area contributed by atoms with Gasteiger partial charge in [-0.05, 0) is 53.4 Å². The van der Waals surface area contributed by atoms with E-state index in [4.69, 9.17) is 11.6 Å². The molecule has 16 heavy (non-hydrogen) atoms. The van der Waals surface area contributed by atoms with Gasteiger partial charge < -0.3 is 0 Å². The van der Waals surface area contributed by atoms with Gasteiger partial charge in [0, 0.05) is 11.8 Å². The molecular formula is C12H13BrClFO. The van der Waals surface area contributed by atoms with Crippen LogP contribution in [0.5, 0.6) is 0 Å². The van der Waals surface area contributed by atoms with Crippen molar-refractivity contribution in [1.82, 2.24) is 0 Å². The summed E-state index contributed by atoms with van der Waals surface area (Å²) in [6, 6.07) is 4.81. The molecule has 1 aromatic rings. The number of alkyl halides is 1. The summed E-state index contributed by atoms with van der Waals surface area (Å²) in [4.78, 5) is 11.3. The number of ketones is 1. The summed E-state index contributed by atoms with van der Waals surface area (Å²) in [6.07, 6.45) is 1.27. The van der Waals surface area contributed by atoms with Crippen molar-refractivity contribution in [2.45, 2.75) is 19.8 Å². The third-order valence-corrected chi connectivity index (χ3v) is 3.32. The third kappa shape index (κ3) is 3.87. The van der Waals surface area contributed by atoms with Crippen LogP contribution in [0.25, 0.3) is 0 Å². The van der Waals surface area contributed by atoms with Gasteiger partial charge in [-0.15, -0.1) is 11.6 Å².